The third-order valence-corrected chi connectivity index (χ3v) is 4.07. The zero-order valence-corrected chi connectivity index (χ0v) is 13.2. The lowest BCUT2D eigenvalue weighted by Crippen LogP contribution is -2.30. The lowest BCUT2D eigenvalue weighted by molar-refractivity contribution is 0.0773. The van der Waals surface area contributed by atoms with Crippen LogP contribution in [0.4, 0.5) is 0 Å². The Balaban J connectivity index is 2.27. The molecule has 1 atom stereocenters. The molecule has 0 N–H and O–H groups in total. The molecule has 3 heteroatoms. The van der Waals surface area contributed by atoms with Crippen molar-refractivity contribution >= 4 is 17.5 Å². The summed E-state index contributed by atoms with van der Waals surface area (Å²) in [4.78, 5) is 14.2. The van der Waals surface area contributed by atoms with E-state index in [2.05, 4.69) is 0 Å². The van der Waals surface area contributed by atoms with Gasteiger partial charge in [-0.1, -0.05) is 42.5 Å². The number of amides is 1. The van der Waals surface area contributed by atoms with Crippen molar-refractivity contribution in [2.75, 3.05) is 13.1 Å². The van der Waals surface area contributed by atoms with Crippen LogP contribution in [0.5, 0.6) is 0 Å². The van der Waals surface area contributed by atoms with Crippen LogP contribution in [0.3, 0.4) is 0 Å². The summed E-state index contributed by atoms with van der Waals surface area (Å²) in [6.07, 6.45) is 0. The molecule has 0 unspecified atom stereocenters. The molecule has 2 rings (SSSR count). The zero-order valence-electron chi connectivity index (χ0n) is 12.4. The van der Waals surface area contributed by atoms with Crippen LogP contribution in [0, 0.1) is 0 Å². The number of benzene rings is 2. The summed E-state index contributed by atoms with van der Waals surface area (Å²) >= 11 is 6.53. The van der Waals surface area contributed by atoms with Gasteiger partial charge in [0, 0.05) is 18.7 Å². The van der Waals surface area contributed by atoms with Crippen LogP contribution in [0.25, 0.3) is 0 Å². The van der Waals surface area contributed by atoms with Crippen LogP contribution in [0.15, 0.2) is 54.6 Å². The molecule has 0 spiro atoms. The van der Waals surface area contributed by atoms with Gasteiger partial charge in [0.2, 0.25) is 0 Å². The van der Waals surface area contributed by atoms with Crippen LogP contribution in [0.1, 0.15) is 40.7 Å². The molecule has 0 heterocycles. The maximum absolute atomic E-state index is 12.4. The normalized spacial score (nSPS) is 12.0. The van der Waals surface area contributed by atoms with E-state index >= 15 is 0 Å². The van der Waals surface area contributed by atoms with Gasteiger partial charge in [0.15, 0.2) is 0 Å². The fourth-order valence-electron chi connectivity index (χ4n) is 2.34. The van der Waals surface area contributed by atoms with Crippen molar-refractivity contribution in [3.8, 4) is 0 Å². The maximum Gasteiger partial charge on any atom is 0.253 e. The van der Waals surface area contributed by atoms with Gasteiger partial charge in [-0.2, -0.15) is 0 Å². The van der Waals surface area contributed by atoms with E-state index in [-0.39, 0.29) is 11.3 Å². The number of alkyl halides is 1. The van der Waals surface area contributed by atoms with E-state index < -0.39 is 0 Å². The Labute approximate surface area is 131 Å². The number of hydrogen-bond acceptors (Lipinski definition) is 1. The van der Waals surface area contributed by atoms with Crippen molar-refractivity contribution in [2.45, 2.75) is 19.2 Å². The molecule has 110 valence electrons. The van der Waals surface area contributed by atoms with Gasteiger partial charge in [0.1, 0.15) is 0 Å². The van der Waals surface area contributed by atoms with Crippen molar-refractivity contribution in [3.63, 3.8) is 0 Å². The first-order valence-corrected chi connectivity index (χ1v) is 7.69. The quantitative estimate of drug-likeness (QED) is 0.745. The minimum atomic E-state index is -0.240. The van der Waals surface area contributed by atoms with Gasteiger partial charge >= 0.3 is 0 Å². The molecular formula is C18H20ClNO. The highest BCUT2D eigenvalue weighted by molar-refractivity contribution is 6.22. The number of carbonyl (C=O) groups excluding carboxylic acids is 1. The summed E-state index contributed by atoms with van der Waals surface area (Å²) in [7, 11) is 0. The van der Waals surface area contributed by atoms with E-state index in [0.29, 0.717) is 18.7 Å². The average molecular weight is 302 g/mol. The highest BCUT2D eigenvalue weighted by Crippen LogP contribution is 2.29. The minimum absolute atomic E-state index is 0.0544. The number of nitrogens with zero attached hydrogens (tertiary/aromatic N) is 1. The van der Waals surface area contributed by atoms with Crippen LogP contribution in [-0.2, 0) is 0 Å². The largest absolute Gasteiger partial charge is 0.339 e. The van der Waals surface area contributed by atoms with Crippen molar-refractivity contribution in [1.82, 2.24) is 4.90 Å². The van der Waals surface area contributed by atoms with E-state index in [1.54, 1.807) is 0 Å². The van der Waals surface area contributed by atoms with Crippen molar-refractivity contribution in [3.05, 3.63) is 71.3 Å². The summed E-state index contributed by atoms with van der Waals surface area (Å²) in [6, 6.07) is 17.5. The summed E-state index contributed by atoms with van der Waals surface area (Å²) in [5.41, 5.74) is 2.67. The molecule has 2 nitrogen and oxygen atoms in total. The number of carbonyl (C=O) groups is 1. The summed E-state index contributed by atoms with van der Waals surface area (Å²) in [5.74, 6) is 0.0544. The summed E-state index contributed by atoms with van der Waals surface area (Å²) in [5, 5.41) is -0.240. The number of rotatable bonds is 5. The first kappa shape index (κ1) is 15.6. The Morgan fingerprint density at radius 1 is 1.00 bits per heavy atom. The minimum Gasteiger partial charge on any atom is -0.339 e. The Kier molecular flexibility index (Phi) is 5.40. The molecular weight excluding hydrogens is 282 g/mol. The van der Waals surface area contributed by atoms with Gasteiger partial charge < -0.3 is 4.90 Å². The fraction of sp³-hybridized carbons (Fsp3) is 0.278. The molecule has 0 aliphatic rings. The van der Waals surface area contributed by atoms with E-state index in [4.69, 9.17) is 11.6 Å². The second-order valence-electron chi connectivity index (χ2n) is 4.88. The monoisotopic (exact) mass is 301 g/mol. The van der Waals surface area contributed by atoms with Gasteiger partial charge in [-0.3, -0.25) is 4.79 Å². The van der Waals surface area contributed by atoms with Gasteiger partial charge in [-0.15, -0.1) is 11.6 Å². The molecule has 2 aromatic carbocycles. The van der Waals surface area contributed by atoms with Gasteiger partial charge in [-0.25, -0.2) is 0 Å². The van der Waals surface area contributed by atoms with Crippen LogP contribution in [-0.4, -0.2) is 23.9 Å². The molecule has 0 aliphatic heterocycles. The summed E-state index contributed by atoms with van der Waals surface area (Å²) < 4.78 is 0. The molecule has 0 aliphatic carbocycles. The van der Waals surface area contributed by atoms with E-state index in [0.717, 1.165) is 11.1 Å². The molecule has 0 saturated carbocycles. The molecule has 21 heavy (non-hydrogen) atoms. The third kappa shape index (κ3) is 3.64. The SMILES string of the molecule is CCN(CC)C(=O)c1cccc([C@H](Cl)c2ccccc2)c1. The predicted octanol–water partition coefficient (Wildman–Crippen LogP) is 4.50. The molecule has 1 amide bonds. The molecule has 0 saturated heterocycles. The van der Waals surface area contributed by atoms with Crippen molar-refractivity contribution in [2.24, 2.45) is 0 Å². The van der Waals surface area contributed by atoms with Crippen LogP contribution < -0.4 is 0 Å². The average Bonchev–Trinajstić information content (AvgIpc) is 2.56. The second kappa shape index (κ2) is 7.28. The number of hydrogen-bond donors (Lipinski definition) is 0. The standard InChI is InChI=1S/C18H20ClNO/c1-3-20(4-2)18(21)16-12-8-11-15(13-16)17(19)14-9-6-5-7-10-14/h5-13,17H,3-4H2,1-2H3/t17-/m1/s1. The molecule has 0 fully saturated rings. The van der Waals surface area contributed by atoms with Crippen molar-refractivity contribution in [1.29, 1.82) is 0 Å². The topological polar surface area (TPSA) is 20.3 Å². The molecule has 0 radical (unpaired) electrons. The second-order valence-corrected chi connectivity index (χ2v) is 5.31. The summed E-state index contributed by atoms with van der Waals surface area (Å²) in [6.45, 7) is 5.39. The molecule has 0 aromatic heterocycles. The van der Waals surface area contributed by atoms with Crippen molar-refractivity contribution < 1.29 is 4.79 Å². The van der Waals surface area contributed by atoms with E-state index in [9.17, 15) is 4.79 Å². The zero-order chi connectivity index (χ0) is 15.2. The predicted molar refractivity (Wildman–Crippen MR) is 87.8 cm³/mol. The fourth-order valence-corrected chi connectivity index (χ4v) is 2.62. The van der Waals surface area contributed by atoms with E-state index in [1.807, 2.05) is 73.3 Å². The Bertz CT molecular complexity index is 593. The Morgan fingerprint density at radius 2 is 1.62 bits per heavy atom. The van der Waals surface area contributed by atoms with Gasteiger partial charge in [0.25, 0.3) is 5.91 Å². The van der Waals surface area contributed by atoms with Gasteiger partial charge in [0.05, 0.1) is 5.38 Å². The first-order chi connectivity index (χ1) is 10.2. The molecule has 2 aromatic rings. The van der Waals surface area contributed by atoms with Crippen LogP contribution >= 0.6 is 11.6 Å². The maximum atomic E-state index is 12.4. The Morgan fingerprint density at radius 3 is 2.24 bits per heavy atom. The lowest BCUT2D eigenvalue weighted by atomic mass is 10.0. The van der Waals surface area contributed by atoms with Crippen LogP contribution in [0.2, 0.25) is 0 Å². The number of halogens is 1. The first-order valence-electron chi connectivity index (χ1n) is 7.25. The highest BCUT2D eigenvalue weighted by Gasteiger charge is 2.15. The lowest BCUT2D eigenvalue weighted by Gasteiger charge is -2.19. The van der Waals surface area contributed by atoms with Gasteiger partial charge in [-0.05, 0) is 37.1 Å². The smallest absolute Gasteiger partial charge is 0.253 e. The Hall–Kier alpha value is -1.80. The third-order valence-electron chi connectivity index (χ3n) is 3.57. The molecule has 0 bridgehead atoms. The van der Waals surface area contributed by atoms with E-state index in [1.165, 1.54) is 0 Å². The highest BCUT2D eigenvalue weighted by atomic mass is 35.5.